The predicted molar refractivity (Wildman–Crippen MR) is 115 cm³/mol. The van der Waals surface area contributed by atoms with Crippen molar-refractivity contribution in [3.63, 3.8) is 0 Å². The third-order valence-electron chi connectivity index (χ3n) is 5.01. The molecule has 5 atom stereocenters. The average molecular weight is 437 g/mol. The minimum atomic E-state index is -0.844. The van der Waals surface area contributed by atoms with Gasteiger partial charge in [-0.3, -0.25) is 4.79 Å². The second kappa shape index (κ2) is 12.5. The molecule has 0 radical (unpaired) electrons. The number of ether oxygens (including phenoxy) is 2. The molecule has 0 saturated heterocycles. The number of hydrogen-bond donors (Lipinski definition) is 3. The molecule has 0 heterocycles. The Labute approximate surface area is 182 Å². The first-order valence-electron chi connectivity index (χ1n) is 9.90. The quantitative estimate of drug-likeness (QED) is 0.296. The van der Waals surface area contributed by atoms with Crippen LogP contribution in [0.4, 0.5) is 0 Å². The largest absolute Gasteiger partial charge is 0.491 e. The van der Waals surface area contributed by atoms with Gasteiger partial charge in [0.1, 0.15) is 18.5 Å². The maximum absolute atomic E-state index is 11.0. The smallest absolute Gasteiger partial charge is 0.309 e. The first-order chi connectivity index (χ1) is 14.4. The van der Waals surface area contributed by atoms with Crippen LogP contribution in [0, 0.1) is 11.8 Å². The summed E-state index contributed by atoms with van der Waals surface area (Å²) in [6.07, 6.45) is 9.39. The Morgan fingerprint density at radius 3 is 2.60 bits per heavy atom. The van der Waals surface area contributed by atoms with E-state index >= 15 is 0 Å². The second-order valence-electron chi connectivity index (χ2n) is 7.20. The zero-order valence-electron chi connectivity index (χ0n) is 16.9. The Morgan fingerprint density at radius 1 is 1.20 bits per heavy atom. The van der Waals surface area contributed by atoms with Crippen LogP contribution in [0.15, 0.2) is 60.7 Å². The lowest BCUT2D eigenvalue weighted by atomic mass is 9.90. The van der Waals surface area contributed by atoms with Gasteiger partial charge in [0.15, 0.2) is 0 Å². The number of aliphatic hydroxyl groups is 3. The zero-order valence-corrected chi connectivity index (χ0v) is 17.7. The molecule has 0 aromatic heterocycles. The molecule has 1 aliphatic carbocycles. The van der Waals surface area contributed by atoms with Crippen LogP contribution in [-0.4, -0.2) is 53.3 Å². The summed E-state index contributed by atoms with van der Waals surface area (Å²) in [4.78, 5) is 11.0. The van der Waals surface area contributed by atoms with Gasteiger partial charge in [-0.2, -0.15) is 0 Å². The van der Waals surface area contributed by atoms with Crippen molar-refractivity contribution in [1.29, 1.82) is 0 Å². The Bertz CT molecular complexity index is 743. The fourth-order valence-electron chi connectivity index (χ4n) is 3.37. The van der Waals surface area contributed by atoms with Gasteiger partial charge in [0.2, 0.25) is 0 Å². The molecule has 0 bridgehead atoms. The van der Waals surface area contributed by atoms with Crippen LogP contribution in [0.5, 0.6) is 5.75 Å². The molecule has 1 fully saturated rings. The van der Waals surface area contributed by atoms with Gasteiger partial charge < -0.3 is 24.8 Å². The normalized spacial score (nSPS) is 25.4. The summed E-state index contributed by atoms with van der Waals surface area (Å²) < 4.78 is 10.1. The summed E-state index contributed by atoms with van der Waals surface area (Å²) in [5.74, 6) is -0.135. The van der Waals surface area contributed by atoms with Crippen LogP contribution in [-0.2, 0) is 9.53 Å². The topological polar surface area (TPSA) is 96.2 Å². The van der Waals surface area contributed by atoms with Crippen LogP contribution in [0.2, 0.25) is 5.02 Å². The highest BCUT2D eigenvalue weighted by Gasteiger charge is 2.39. The van der Waals surface area contributed by atoms with Gasteiger partial charge in [0.05, 0.1) is 25.7 Å². The number of esters is 1. The molecule has 1 aliphatic rings. The van der Waals surface area contributed by atoms with Crippen LogP contribution >= 0.6 is 11.6 Å². The lowest BCUT2D eigenvalue weighted by molar-refractivity contribution is -0.139. The third-order valence-corrected chi connectivity index (χ3v) is 5.26. The molecule has 3 N–H and O–H groups in total. The Kier molecular flexibility index (Phi) is 10.1. The molecule has 0 unspecified atom stereocenters. The molecular weight excluding hydrogens is 408 g/mol. The van der Waals surface area contributed by atoms with Crippen molar-refractivity contribution >= 4 is 17.6 Å². The summed E-state index contributed by atoms with van der Waals surface area (Å²) in [6.45, 7) is 0.0685. The van der Waals surface area contributed by atoms with Crippen LogP contribution in [0.1, 0.15) is 19.3 Å². The fourth-order valence-corrected chi connectivity index (χ4v) is 3.50. The molecule has 1 aromatic carbocycles. The van der Waals surface area contributed by atoms with Gasteiger partial charge in [0.25, 0.3) is 0 Å². The van der Waals surface area contributed by atoms with E-state index in [0.29, 0.717) is 23.6 Å². The lowest BCUT2D eigenvalue weighted by Crippen LogP contribution is -2.21. The van der Waals surface area contributed by atoms with E-state index in [1.54, 1.807) is 54.6 Å². The second-order valence-corrected chi connectivity index (χ2v) is 7.64. The minimum Gasteiger partial charge on any atom is -0.491 e. The van der Waals surface area contributed by atoms with E-state index in [-0.39, 0.29) is 30.8 Å². The van der Waals surface area contributed by atoms with E-state index in [1.807, 2.05) is 6.08 Å². The molecule has 2 rings (SSSR count). The summed E-state index contributed by atoms with van der Waals surface area (Å²) in [7, 11) is 1.34. The van der Waals surface area contributed by atoms with Crippen molar-refractivity contribution in [3.8, 4) is 5.75 Å². The maximum atomic E-state index is 11.0. The number of halogens is 1. The number of carbonyl (C=O) groups is 1. The first-order valence-corrected chi connectivity index (χ1v) is 10.3. The molecule has 164 valence electrons. The third kappa shape index (κ3) is 7.95. The number of rotatable bonds is 10. The molecule has 0 aliphatic heterocycles. The molecule has 7 heteroatoms. The Balaban J connectivity index is 1.85. The van der Waals surface area contributed by atoms with Crippen molar-refractivity contribution in [2.75, 3.05) is 13.7 Å². The Hall–Kier alpha value is -2.12. The van der Waals surface area contributed by atoms with Gasteiger partial charge in [-0.25, -0.2) is 0 Å². The van der Waals surface area contributed by atoms with E-state index in [9.17, 15) is 20.1 Å². The van der Waals surface area contributed by atoms with E-state index in [4.69, 9.17) is 16.3 Å². The standard InChI is InChI=1S/C23H29ClO6/c1-29-23(28)7-5-3-2-4-6-19-20(22(27)14-21(19)26)13-10-17(25)15-30-18-11-8-16(24)9-12-18/h2-5,8-13,17,19-22,25-27H,6-7,14-15H2,1H3/b4-2-,5-3+,13-10+/t17-,19-,20-,21+,22-/m1/s1. The van der Waals surface area contributed by atoms with E-state index in [1.165, 1.54) is 7.11 Å². The van der Waals surface area contributed by atoms with Crippen molar-refractivity contribution < 1.29 is 29.6 Å². The van der Waals surface area contributed by atoms with Crippen molar-refractivity contribution in [2.24, 2.45) is 11.8 Å². The summed E-state index contributed by atoms with van der Waals surface area (Å²) >= 11 is 5.83. The van der Waals surface area contributed by atoms with Gasteiger partial charge in [0, 0.05) is 17.4 Å². The number of carbonyl (C=O) groups excluding carboxylic acids is 1. The molecule has 0 spiro atoms. The summed E-state index contributed by atoms with van der Waals surface area (Å²) in [5.41, 5.74) is 0. The highest BCUT2D eigenvalue weighted by atomic mass is 35.5. The summed E-state index contributed by atoms with van der Waals surface area (Å²) in [5, 5.41) is 31.3. The number of benzene rings is 1. The zero-order chi connectivity index (χ0) is 21.9. The van der Waals surface area contributed by atoms with Crippen LogP contribution in [0.3, 0.4) is 0 Å². The Morgan fingerprint density at radius 2 is 1.90 bits per heavy atom. The molecule has 1 saturated carbocycles. The highest BCUT2D eigenvalue weighted by molar-refractivity contribution is 6.30. The number of hydrogen-bond acceptors (Lipinski definition) is 6. The van der Waals surface area contributed by atoms with E-state index < -0.39 is 18.3 Å². The number of methoxy groups -OCH3 is 1. The monoisotopic (exact) mass is 436 g/mol. The van der Waals surface area contributed by atoms with Gasteiger partial charge in [-0.1, -0.05) is 48.1 Å². The lowest BCUT2D eigenvalue weighted by Gasteiger charge is -2.19. The van der Waals surface area contributed by atoms with E-state index in [0.717, 1.165) is 0 Å². The van der Waals surface area contributed by atoms with E-state index in [2.05, 4.69) is 4.74 Å². The van der Waals surface area contributed by atoms with Gasteiger partial charge >= 0.3 is 5.97 Å². The van der Waals surface area contributed by atoms with Crippen molar-refractivity contribution in [2.45, 2.75) is 37.6 Å². The number of aliphatic hydroxyl groups excluding tert-OH is 3. The predicted octanol–water partition coefficient (Wildman–Crippen LogP) is 3.06. The maximum Gasteiger partial charge on any atom is 0.309 e. The molecular formula is C23H29ClO6. The molecule has 0 amide bonds. The SMILES string of the molecule is COC(=O)C/C=C/C=C\C[C@@H]1[C@@H](/C=C/[C@@H](O)COc2ccc(Cl)cc2)[C@H](O)C[C@@H]1O. The number of allylic oxidation sites excluding steroid dienone is 3. The van der Waals surface area contributed by atoms with Gasteiger partial charge in [-0.05, 0) is 36.6 Å². The molecule has 6 nitrogen and oxygen atoms in total. The average Bonchev–Trinajstić information content (AvgIpc) is 3.00. The molecule has 30 heavy (non-hydrogen) atoms. The van der Waals surface area contributed by atoms with Crippen LogP contribution < -0.4 is 4.74 Å². The fraction of sp³-hybridized carbons (Fsp3) is 0.435. The van der Waals surface area contributed by atoms with Gasteiger partial charge in [-0.15, -0.1) is 0 Å². The minimum absolute atomic E-state index is 0.0685. The van der Waals surface area contributed by atoms with Crippen molar-refractivity contribution in [3.05, 3.63) is 65.7 Å². The van der Waals surface area contributed by atoms with Crippen LogP contribution in [0.25, 0.3) is 0 Å². The first kappa shape index (κ1) is 24.2. The molecule has 1 aromatic rings. The summed E-state index contributed by atoms with van der Waals surface area (Å²) in [6, 6.07) is 6.85. The highest BCUT2D eigenvalue weighted by Crippen LogP contribution is 2.36. The van der Waals surface area contributed by atoms with Crippen molar-refractivity contribution in [1.82, 2.24) is 0 Å².